The molecule has 2 nitrogen and oxygen atoms in total. The maximum absolute atomic E-state index is 3.91. The Bertz CT molecular complexity index is 374. The molecule has 0 aromatic heterocycles. The molecule has 1 rings (SSSR count). The van der Waals surface area contributed by atoms with E-state index in [4.69, 9.17) is 0 Å². The Balaban J connectivity index is 3.00. The first-order chi connectivity index (χ1) is 7.60. The van der Waals surface area contributed by atoms with Crippen LogP contribution < -0.4 is 0 Å². The van der Waals surface area contributed by atoms with Crippen LogP contribution in [0.5, 0.6) is 0 Å². The molecule has 0 heterocycles. The molecule has 0 radical (unpaired) electrons. The van der Waals surface area contributed by atoms with Crippen molar-refractivity contribution < 1.29 is 0 Å². The molecule has 0 spiro atoms. The second-order valence-corrected chi connectivity index (χ2v) is 4.12. The van der Waals surface area contributed by atoms with Crippen LogP contribution in [-0.4, -0.2) is 18.8 Å². The fourth-order valence-corrected chi connectivity index (χ4v) is 1.66. The second-order valence-electron chi connectivity index (χ2n) is 4.12. The standard InChI is InChI=1S/C14H20N2/c1-6-14(16(5)15-4)13-9-7-12(8-10-13)11(2)3/h6-11H,4H2,1-3,5H3/b14-6-. The molecular formula is C14H20N2. The first-order valence-electron chi connectivity index (χ1n) is 5.57. The highest BCUT2D eigenvalue weighted by Gasteiger charge is 2.05. The van der Waals surface area contributed by atoms with Gasteiger partial charge in [0.1, 0.15) is 0 Å². The number of benzene rings is 1. The Hall–Kier alpha value is -1.57. The number of hydrogen-bond acceptors (Lipinski definition) is 2. The third-order valence-corrected chi connectivity index (χ3v) is 2.71. The smallest absolute Gasteiger partial charge is 0.0620 e. The van der Waals surface area contributed by atoms with Gasteiger partial charge in [-0.05, 0) is 24.0 Å². The van der Waals surface area contributed by atoms with Crippen molar-refractivity contribution in [1.29, 1.82) is 0 Å². The quantitative estimate of drug-likeness (QED) is 0.553. The van der Waals surface area contributed by atoms with E-state index < -0.39 is 0 Å². The largest absolute Gasteiger partial charge is 0.269 e. The maximum atomic E-state index is 3.91. The average Bonchev–Trinajstić information content (AvgIpc) is 2.30. The SMILES string of the molecule is C=NN(C)/C(=C\C)c1ccc(C(C)C)cc1. The van der Waals surface area contributed by atoms with Gasteiger partial charge in [0.15, 0.2) is 0 Å². The maximum Gasteiger partial charge on any atom is 0.0620 e. The monoisotopic (exact) mass is 216 g/mol. The van der Waals surface area contributed by atoms with Gasteiger partial charge in [0.05, 0.1) is 5.70 Å². The molecule has 1 aromatic rings. The van der Waals surface area contributed by atoms with E-state index in [2.05, 4.69) is 49.9 Å². The van der Waals surface area contributed by atoms with Crippen molar-refractivity contribution in [2.75, 3.05) is 7.05 Å². The van der Waals surface area contributed by atoms with Gasteiger partial charge in [-0.15, -0.1) is 0 Å². The van der Waals surface area contributed by atoms with Crippen molar-refractivity contribution in [2.45, 2.75) is 26.7 Å². The Labute approximate surface area is 98.3 Å². The third kappa shape index (κ3) is 2.72. The molecule has 1 aromatic carbocycles. The molecule has 0 unspecified atom stereocenters. The van der Waals surface area contributed by atoms with Gasteiger partial charge >= 0.3 is 0 Å². The Morgan fingerprint density at radius 3 is 2.25 bits per heavy atom. The van der Waals surface area contributed by atoms with Gasteiger partial charge in [-0.3, -0.25) is 5.01 Å². The van der Waals surface area contributed by atoms with Gasteiger partial charge in [0.25, 0.3) is 0 Å². The van der Waals surface area contributed by atoms with Crippen LogP contribution in [0.4, 0.5) is 0 Å². The number of hydrogen-bond donors (Lipinski definition) is 0. The van der Waals surface area contributed by atoms with Crippen LogP contribution in [-0.2, 0) is 0 Å². The summed E-state index contributed by atoms with van der Waals surface area (Å²) in [5, 5.41) is 5.69. The molecule has 0 aliphatic carbocycles. The van der Waals surface area contributed by atoms with E-state index in [-0.39, 0.29) is 0 Å². The van der Waals surface area contributed by atoms with Gasteiger partial charge in [-0.25, -0.2) is 0 Å². The fourth-order valence-electron chi connectivity index (χ4n) is 1.66. The van der Waals surface area contributed by atoms with E-state index >= 15 is 0 Å². The highest BCUT2D eigenvalue weighted by Crippen LogP contribution is 2.21. The fraction of sp³-hybridized carbons (Fsp3) is 0.357. The lowest BCUT2D eigenvalue weighted by Gasteiger charge is -2.17. The molecule has 0 fully saturated rings. The minimum Gasteiger partial charge on any atom is -0.269 e. The van der Waals surface area contributed by atoms with E-state index in [9.17, 15) is 0 Å². The number of allylic oxidation sites excluding steroid dienone is 1. The summed E-state index contributed by atoms with van der Waals surface area (Å²) in [6.07, 6.45) is 2.04. The zero-order valence-electron chi connectivity index (χ0n) is 10.6. The zero-order valence-corrected chi connectivity index (χ0v) is 10.6. The molecule has 0 atom stereocenters. The van der Waals surface area contributed by atoms with E-state index in [1.54, 1.807) is 5.01 Å². The number of hydrazone groups is 1. The average molecular weight is 216 g/mol. The predicted octanol–water partition coefficient (Wildman–Crippen LogP) is 3.72. The molecule has 0 saturated carbocycles. The topological polar surface area (TPSA) is 15.6 Å². The van der Waals surface area contributed by atoms with E-state index in [0.29, 0.717) is 5.92 Å². The summed E-state index contributed by atoms with van der Waals surface area (Å²) >= 11 is 0. The molecule has 2 heteroatoms. The lowest BCUT2D eigenvalue weighted by atomic mass is 10.0. The molecule has 0 aliphatic rings. The molecule has 16 heavy (non-hydrogen) atoms. The second kappa shape index (κ2) is 5.50. The van der Waals surface area contributed by atoms with Crippen molar-refractivity contribution >= 4 is 12.4 Å². The lowest BCUT2D eigenvalue weighted by Crippen LogP contribution is -2.08. The molecular weight excluding hydrogens is 196 g/mol. The van der Waals surface area contributed by atoms with Gasteiger partial charge in [-0.2, -0.15) is 5.10 Å². The predicted molar refractivity (Wildman–Crippen MR) is 71.5 cm³/mol. The number of nitrogens with zero attached hydrogens (tertiary/aromatic N) is 2. The van der Waals surface area contributed by atoms with Crippen LogP contribution in [0.3, 0.4) is 0 Å². The van der Waals surface area contributed by atoms with E-state index in [1.807, 2.05) is 20.0 Å². The van der Waals surface area contributed by atoms with Crippen LogP contribution in [0, 0.1) is 0 Å². The molecule has 0 bridgehead atoms. The summed E-state index contributed by atoms with van der Waals surface area (Å²) in [6.45, 7) is 9.94. The van der Waals surface area contributed by atoms with Crippen LogP contribution in [0.25, 0.3) is 5.70 Å². The first-order valence-corrected chi connectivity index (χ1v) is 5.57. The van der Waals surface area contributed by atoms with E-state index in [0.717, 1.165) is 5.70 Å². The minimum atomic E-state index is 0.568. The van der Waals surface area contributed by atoms with Crippen molar-refractivity contribution in [3.63, 3.8) is 0 Å². The van der Waals surface area contributed by atoms with Gasteiger partial charge in [-0.1, -0.05) is 44.2 Å². The molecule has 0 amide bonds. The zero-order chi connectivity index (χ0) is 12.1. The number of rotatable bonds is 4. The summed E-state index contributed by atoms with van der Waals surface area (Å²) in [4.78, 5) is 0. The Morgan fingerprint density at radius 2 is 1.88 bits per heavy atom. The molecule has 0 aliphatic heterocycles. The minimum absolute atomic E-state index is 0.568. The van der Waals surface area contributed by atoms with Gasteiger partial charge < -0.3 is 0 Å². The van der Waals surface area contributed by atoms with E-state index in [1.165, 1.54) is 11.1 Å². The molecule has 0 N–H and O–H groups in total. The first kappa shape index (κ1) is 12.5. The van der Waals surface area contributed by atoms with Crippen molar-refractivity contribution in [3.05, 3.63) is 41.5 Å². The van der Waals surface area contributed by atoms with Gasteiger partial charge in [0, 0.05) is 13.8 Å². The summed E-state index contributed by atoms with van der Waals surface area (Å²) < 4.78 is 0. The summed E-state index contributed by atoms with van der Waals surface area (Å²) in [5.74, 6) is 0.568. The van der Waals surface area contributed by atoms with Crippen molar-refractivity contribution in [1.82, 2.24) is 5.01 Å². The Kier molecular flexibility index (Phi) is 4.29. The van der Waals surface area contributed by atoms with Gasteiger partial charge in [0.2, 0.25) is 0 Å². The third-order valence-electron chi connectivity index (χ3n) is 2.71. The lowest BCUT2D eigenvalue weighted by molar-refractivity contribution is 0.521. The molecule has 86 valence electrons. The summed E-state index contributed by atoms with van der Waals surface area (Å²) in [6, 6.07) is 8.60. The van der Waals surface area contributed by atoms with Crippen LogP contribution >= 0.6 is 0 Å². The van der Waals surface area contributed by atoms with Crippen molar-refractivity contribution in [2.24, 2.45) is 5.10 Å². The summed E-state index contributed by atoms with van der Waals surface area (Å²) in [5.41, 5.74) is 3.60. The molecule has 0 saturated heterocycles. The van der Waals surface area contributed by atoms with Crippen molar-refractivity contribution in [3.8, 4) is 0 Å². The van der Waals surface area contributed by atoms with Crippen LogP contribution in [0.1, 0.15) is 37.8 Å². The highest BCUT2D eigenvalue weighted by molar-refractivity contribution is 5.64. The van der Waals surface area contributed by atoms with Crippen LogP contribution in [0.15, 0.2) is 35.4 Å². The highest BCUT2D eigenvalue weighted by atomic mass is 15.4. The summed E-state index contributed by atoms with van der Waals surface area (Å²) in [7, 11) is 1.90. The Morgan fingerprint density at radius 1 is 1.31 bits per heavy atom. The van der Waals surface area contributed by atoms with Crippen LogP contribution in [0.2, 0.25) is 0 Å². The normalized spacial score (nSPS) is 11.7.